The van der Waals surface area contributed by atoms with Crippen molar-refractivity contribution < 1.29 is 8.95 Å². The zero-order chi connectivity index (χ0) is 13.8. The summed E-state index contributed by atoms with van der Waals surface area (Å²) in [6.45, 7) is 4.94. The molecule has 1 aromatic carbocycles. The van der Waals surface area contributed by atoms with Gasteiger partial charge in [0.15, 0.2) is 0 Å². The maximum absolute atomic E-state index is 12.1. The van der Waals surface area contributed by atoms with E-state index in [9.17, 15) is 4.21 Å². The normalized spacial score (nSPS) is 22.4. The van der Waals surface area contributed by atoms with Gasteiger partial charge >= 0.3 is 0 Å². The van der Waals surface area contributed by atoms with Gasteiger partial charge in [-0.2, -0.15) is 0 Å². The van der Waals surface area contributed by atoms with E-state index in [-0.39, 0.29) is 12.1 Å². The van der Waals surface area contributed by atoms with Crippen molar-refractivity contribution in [3.63, 3.8) is 0 Å². The minimum absolute atomic E-state index is 0.150. The molecule has 1 aromatic rings. The van der Waals surface area contributed by atoms with Gasteiger partial charge in [-0.1, -0.05) is 23.8 Å². The third-order valence-electron chi connectivity index (χ3n) is 3.59. The molecule has 1 aliphatic heterocycles. The molecule has 3 nitrogen and oxygen atoms in total. The second kappa shape index (κ2) is 6.64. The highest BCUT2D eigenvalue weighted by molar-refractivity contribution is 7.85. The lowest BCUT2D eigenvalue weighted by molar-refractivity contribution is 0.128. The predicted molar refractivity (Wildman–Crippen MR) is 79.7 cm³/mol. The molecule has 2 N–H and O–H groups in total. The van der Waals surface area contributed by atoms with Crippen molar-refractivity contribution in [3.8, 4) is 0 Å². The van der Waals surface area contributed by atoms with Crippen LogP contribution in [-0.2, 0) is 15.5 Å². The minimum Gasteiger partial charge on any atom is -0.377 e. The molecule has 4 heteroatoms. The van der Waals surface area contributed by atoms with Crippen molar-refractivity contribution in [2.24, 2.45) is 5.73 Å². The Hall–Kier alpha value is -0.710. The SMILES string of the molecule is Cc1ccc(C(N)CS(=O)CC2CCCO2)c(C)c1. The number of ether oxygens (including phenoxy) is 1. The third-order valence-corrected chi connectivity index (χ3v) is 5.06. The van der Waals surface area contributed by atoms with Gasteiger partial charge in [0, 0.05) is 35.0 Å². The van der Waals surface area contributed by atoms with Gasteiger partial charge in [-0.15, -0.1) is 0 Å². The summed E-state index contributed by atoms with van der Waals surface area (Å²) in [4.78, 5) is 0. The summed E-state index contributed by atoms with van der Waals surface area (Å²) >= 11 is 0. The van der Waals surface area contributed by atoms with Gasteiger partial charge in [0.25, 0.3) is 0 Å². The Morgan fingerprint density at radius 3 is 2.89 bits per heavy atom. The topological polar surface area (TPSA) is 52.3 Å². The Balaban J connectivity index is 1.92. The Labute approximate surface area is 118 Å². The molecular weight excluding hydrogens is 258 g/mol. The maximum Gasteiger partial charge on any atom is 0.0691 e. The first kappa shape index (κ1) is 14.7. The van der Waals surface area contributed by atoms with Crippen molar-refractivity contribution in [1.82, 2.24) is 0 Å². The molecule has 0 saturated carbocycles. The first-order valence-corrected chi connectivity index (χ1v) is 8.34. The first-order valence-electron chi connectivity index (χ1n) is 6.85. The summed E-state index contributed by atoms with van der Waals surface area (Å²) in [5.74, 6) is 1.14. The quantitative estimate of drug-likeness (QED) is 0.900. The molecule has 1 heterocycles. The summed E-state index contributed by atoms with van der Waals surface area (Å²) in [5.41, 5.74) is 9.70. The van der Waals surface area contributed by atoms with Crippen LogP contribution in [0.1, 0.15) is 35.6 Å². The van der Waals surface area contributed by atoms with Crippen molar-refractivity contribution >= 4 is 10.8 Å². The number of rotatable bonds is 5. The number of benzene rings is 1. The zero-order valence-electron chi connectivity index (χ0n) is 11.7. The van der Waals surface area contributed by atoms with Crippen LogP contribution < -0.4 is 5.73 Å². The van der Waals surface area contributed by atoms with E-state index in [0.29, 0.717) is 11.5 Å². The Kier molecular flexibility index (Phi) is 5.13. The summed E-state index contributed by atoms with van der Waals surface area (Å²) in [5, 5.41) is 0. The molecule has 1 saturated heterocycles. The lowest BCUT2D eigenvalue weighted by Crippen LogP contribution is -2.24. The van der Waals surface area contributed by atoms with E-state index in [4.69, 9.17) is 10.5 Å². The minimum atomic E-state index is -0.904. The molecule has 1 fully saturated rings. The highest BCUT2D eigenvalue weighted by Crippen LogP contribution is 2.19. The summed E-state index contributed by atoms with van der Waals surface area (Å²) in [6.07, 6.45) is 2.29. The van der Waals surface area contributed by atoms with Gasteiger partial charge in [0.2, 0.25) is 0 Å². The average Bonchev–Trinajstić information content (AvgIpc) is 2.81. The molecule has 106 valence electrons. The van der Waals surface area contributed by atoms with Crippen LogP contribution in [0.15, 0.2) is 18.2 Å². The monoisotopic (exact) mass is 281 g/mol. The van der Waals surface area contributed by atoms with Crippen LogP contribution in [0.2, 0.25) is 0 Å². The second-order valence-electron chi connectivity index (χ2n) is 5.37. The fourth-order valence-electron chi connectivity index (χ4n) is 2.58. The third kappa shape index (κ3) is 4.13. The highest BCUT2D eigenvalue weighted by atomic mass is 32.2. The summed E-state index contributed by atoms with van der Waals surface area (Å²) in [7, 11) is -0.904. The van der Waals surface area contributed by atoms with E-state index >= 15 is 0 Å². The van der Waals surface area contributed by atoms with Crippen molar-refractivity contribution in [3.05, 3.63) is 34.9 Å². The summed E-state index contributed by atoms with van der Waals surface area (Å²) < 4.78 is 17.6. The molecule has 2 rings (SSSR count). The van der Waals surface area contributed by atoms with Crippen LogP contribution in [0.4, 0.5) is 0 Å². The molecule has 1 aliphatic rings. The molecule has 3 unspecified atom stereocenters. The summed E-state index contributed by atoms with van der Waals surface area (Å²) in [6, 6.07) is 6.09. The molecule has 0 bridgehead atoms. The van der Waals surface area contributed by atoms with Crippen LogP contribution in [0.3, 0.4) is 0 Å². The van der Waals surface area contributed by atoms with E-state index in [0.717, 1.165) is 25.0 Å². The van der Waals surface area contributed by atoms with Gasteiger partial charge in [-0.25, -0.2) is 0 Å². The Morgan fingerprint density at radius 2 is 2.26 bits per heavy atom. The van der Waals surface area contributed by atoms with E-state index in [1.54, 1.807) is 0 Å². The number of nitrogens with two attached hydrogens (primary N) is 1. The lowest BCUT2D eigenvalue weighted by Gasteiger charge is -2.16. The van der Waals surface area contributed by atoms with Gasteiger partial charge in [0.1, 0.15) is 0 Å². The number of hydrogen-bond donors (Lipinski definition) is 1. The molecular formula is C15H23NO2S. The molecule has 0 spiro atoms. The van der Waals surface area contributed by atoms with Crippen LogP contribution in [0.25, 0.3) is 0 Å². The lowest BCUT2D eigenvalue weighted by atomic mass is 10.0. The van der Waals surface area contributed by atoms with E-state index < -0.39 is 10.8 Å². The molecule has 3 atom stereocenters. The smallest absolute Gasteiger partial charge is 0.0691 e. The molecule has 19 heavy (non-hydrogen) atoms. The first-order chi connectivity index (χ1) is 9.06. The largest absolute Gasteiger partial charge is 0.377 e. The molecule has 0 amide bonds. The second-order valence-corrected chi connectivity index (χ2v) is 6.92. The van der Waals surface area contributed by atoms with E-state index in [2.05, 4.69) is 32.0 Å². The van der Waals surface area contributed by atoms with Crippen molar-refractivity contribution in [1.29, 1.82) is 0 Å². The fraction of sp³-hybridized carbons (Fsp3) is 0.600. The van der Waals surface area contributed by atoms with Gasteiger partial charge < -0.3 is 10.5 Å². The standard InChI is InChI=1S/C15H23NO2S/c1-11-5-6-14(12(2)8-11)15(16)10-19(17)9-13-4-3-7-18-13/h5-6,8,13,15H,3-4,7,9-10,16H2,1-2H3. The predicted octanol–water partition coefficient (Wildman–Crippen LogP) is 2.23. The Bertz CT molecular complexity index is 455. The van der Waals surface area contributed by atoms with Gasteiger partial charge in [0.05, 0.1) is 6.10 Å². The van der Waals surface area contributed by atoms with Gasteiger partial charge in [-0.05, 0) is 37.8 Å². The maximum atomic E-state index is 12.1. The van der Waals surface area contributed by atoms with Crippen molar-refractivity contribution in [2.45, 2.75) is 38.8 Å². The molecule has 0 radical (unpaired) electrons. The van der Waals surface area contributed by atoms with E-state index in [1.807, 2.05) is 0 Å². The van der Waals surface area contributed by atoms with Crippen LogP contribution >= 0.6 is 0 Å². The molecule has 0 aromatic heterocycles. The van der Waals surface area contributed by atoms with Gasteiger partial charge in [-0.3, -0.25) is 4.21 Å². The van der Waals surface area contributed by atoms with Crippen LogP contribution in [0, 0.1) is 13.8 Å². The van der Waals surface area contributed by atoms with Crippen LogP contribution in [-0.4, -0.2) is 28.4 Å². The number of aryl methyl sites for hydroxylation is 2. The zero-order valence-corrected chi connectivity index (χ0v) is 12.5. The van der Waals surface area contributed by atoms with Crippen molar-refractivity contribution in [2.75, 3.05) is 18.1 Å². The van der Waals surface area contributed by atoms with E-state index in [1.165, 1.54) is 11.1 Å². The van der Waals surface area contributed by atoms with Crippen LogP contribution in [0.5, 0.6) is 0 Å². The fourth-order valence-corrected chi connectivity index (χ4v) is 3.98. The number of hydrogen-bond acceptors (Lipinski definition) is 3. The Morgan fingerprint density at radius 1 is 1.47 bits per heavy atom. The highest BCUT2D eigenvalue weighted by Gasteiger charge is 2.20. The average molecular weight is 281 g/mol. The molecule has 0 aliphatic carbocycles.